The summed E-state index contributed by atoms with van der Waals surface area (Å²) in [7, 11) is 2.96. The molecule has 0 fully saturated rings. The summed E-state index contributed by atoms with van der Waals surface area (Å²) in [5.74, 6) is 0. The number of methoxy groups -OCH3 is 2. The second-order valence-electron chi connectivity index (χ2n) is 2.32. The number of nitrogens with one attached hydrogen (secondary N) is 1. The van der Waals surface area contributed by atoms with Crippen molar-refractivity contribution in [3.8, 4) is 0 Å². The van der Waals surface area contributed by atoms with E-state index in [1.54, 1.807) is 0 Å². The Morgan fingerprint density at radius 3 is 2.62 bits per heavy atom. The largest absolute Gasteiger partial charge is 0.395 e. The molecule has 0 aliphatic heterocycles. The standard InChI is InChI=1S/C7H16N2O4/c1-12-5-8-7(11)9(3-4-10)6-13-2/h10H,3-6H2,1-2H3,(H,8,11). The average Bonchev–Trinajstić information content (AvgIpc) is 2.14. The Morgan fingerprint density at radius 1 is 1.46 bits per heavy atom. The molecular weight excluding hydrogens is 176 g/mol. The summed E-state index contributed by atoms with van der Waals surface area (Å²) in [5, 5.41) is 11.1. The van der Waals surface area contributed by atoms with E-state index in [1.165, 1.54) is 19.1 Å². The van der Waals surface area contributed by atoms with Gasteiger partial charge in [-0.15, -0.1) is 0 Å². The summed E-state index contributed by atoms with van der Waals surface area (Å²) in [4.78, 5) is 12.6. The highest BCUT2D eigenvalue weighted by Crippen LogP contribution is 1.88. The molecule has 78 valence electrons. The molecule has 0 rings (SSSR count). The lowest BCUT2D eigenvalue weighted by atomic mass is 10.6. The van der Waals surface area contributed by atoms with Gasteiger partial charge in [-0.05, 0) is 0 Å². The van der Waals surface area contributed by atoms with E-state index >= 15 is 0 Å². The maximum atomic E-state index is 11.2. The second-order valence-corrected chi connectivity index (χ2v) is 2.32. The average molecular weight is 192 g/mol. The molecule has 2 amide bonds. The molecule has 13 heavy (non-hydrogen) atoms. The Morgan fingerprint density at radius 2 is 2.15 bits per heavy atom. The van der Waals surface area contributed by atoms with Crippen LogP contribution in [0.5, 0.6) is 0 Å². The highest BCUT2D eigenvalue weighted by atomic mass is 16.5. The van der Waals surface area contributed by atoms with E-state index < -0.39 is 0 Å². The van der Waals surface area contributed by atoms with Crippen molar-refractivity contribution in [2.45, 2.75) is 0 Å². The predicted octanol–water partition coefficient (Wildman–Crippen LogP) is -0.802. The van der Waals surface area contributed by atoms with Gasteiger partial charge in [0.1, 0.15) is 13.5 Å². The summed E-state index contributed by atoms with van der Waals surface area (Å²) in [6, 6.07) is -0.322. The summed E-state index contributed by atoms with van der Waals surface area (Å²) in [5.41, 5.74) is 0. The topological polar surface area (TPSA) is 71.0 Å². The van der Waals surface area contributed by atoms with E-state index in [-0.39, 0.29) is 32.6 Å². The van der Waals surface area contributed by atoms with Gasteiger partial charge in [-0.2, -0.15) is 0 Å². The first kappa shape index (κ1) is 12.2. The van der Waals surface area contributed by atoms with E-state index in [0.29, 0.717) is 0 Å². The van der Waals surface area contributed by atoms with Gasteiger partial charge < -0.3 is 19.9 Å². The Labute approximate surface area is 77.4 Å². The number of carbonyl (C=O) groups is 1. The maximum Gasteiger partial charge on any atom is 0.321 e. The van der Waals surface area contributed by atoms with Gasteiger partial charge in [0, 0.05) is 20.8 Å². The molecule has 2 N–H and O–H groups in total. The molecule has 0 aromatic rings. The third kappa shape index (κ3) is 5.40. The van der Waals surface area contributed by atoms with Gasteiger partial charge in [-0.25, -0.2) is 4.79 Å². The second kappa shape index (κ2) is 7.78. The molecule has 0 saturated carbocycles. The third-order valence-corrected chi connectivity index (χ3v) is 1.31. The number of aliphatic hydroxyl groups excluding tert-OH is 1. The lowest BCUT2D eigenvalue weighted by Crippen LogP contribution is -2.43. The molecule has 0 aromatic carbocycles. The van der Waals surface area contributed by atoms with Gasteiger partial charge in [0.15, 0.2) is 0 Å². The van der Waals surface area contributed by atoms with E-state index in [1.807, 2.05) is 0 Å². The number of hydrogen-bond donors (Lipinski definition) is 2. The molecule has 0 spiro atoms. The fourth-order valence-electron chi connectivity index (χ4n) is 0.747. The van der Waals surface area contributed by atoms with Gasteiger partial charge in [0.05, 0.1) is 6.61 Å². The maximum absolute atomic E-state index is 11.2. The van der Waals surface area contributed by atoms with Crippen LogP contribution < -0.4 is 5.32 Å². The van der Waals surface area contributed by atoms with E-state index in [4.69, 9.17) is 9.84 Å². The van der Waals surface area contributed by atoms with Gasteiger partial charge >= 0.3 is 6.03 Å². The van der Waals surface area contributed by atoms with Crippen LogP contribution in [0.25, 0.3) is 0 Å². The summed E-state index contributed by atoms with van der Waals surface area (Å²) in [6.45, 7) is 0.438. The van der Waals surface area contributed by atoms with Crippen molar-refractivity contribution in [2.75, 3.05) is 40.8 Å². The normalized spacial score (nSPS) is 9.77. The van der Waals surface area contributed by atoms with Gasteiger partial charge in [0.25, 0.3) is 0 Å². The van der Waals surface area contributed by atoms with Crippen molar-refractivity contribution >= 4 is 6.03 Å². The highest BCUT2D eigenvalue weighted by Gasteiger charge is 2.10. The molecule has 0 saturated heterocycles. The lowest BCUT2D eigenvalue weighted by molar-refractivity contribution is 0.0665. The van der Waals surface area contributed by atoms with Crippen molar-refractivity contribution in [2.24, 2.45) is 0 Å². The number of amides is 2. The van der Waals surface area contributed by atoms with Crippen molar-refractivity contribution in [1.29, 1.82) is 0 Å². The molecule has 0 radical (unpaired) electrons. The molecular formula is C7H16N2O4. The molecule has 0 aliphatic rings. The van der Waals surface area contributed by atoms with Crippen LogP contribution in [-0.2, 0) is 9.47 Å². The smallest absolute Gasteiger partial charge is 0.321 e. The van der Waals surface area contributed by atoms with Crippen LogP contribution in [0.4, 0.5) is 4.79 Å². The van der Waals surface area contributed by atoms with E-state index in [2.05, 4.69) is 10.1 Å². The van der Waals surface area contributed by atoms with E-state index in [9.17, 15) is 4.79 Å². The minimum Gasteiger partial charge on any atom is -0.395 e. The third-order valence-electron chi connectivity index (χ3n) is 1.31. The van der Waals surface area contributed by atoms with Crippen molar-refractivity contribution in [1.82, 2.24) is 10.2 Å². The minimum absolute atomic E-state index is 0.0935. The number of rotatable bonds is 6. The fourth-order valence-corrected chi connectivity index (χ4v) is 0.747. The van der Waals surface area contributed by atoms with Crippen LogP contribution in [0.1, 0.15) is 0 Å². The van der Waals surface area contributed by atoms with Crippen molar-refractivity contribution < 1.29 is 19.4 Å². The molecule has 6 nitrogen and oxygen atoms in total. The van der Waals surface area contributed by atoms with Crippen LogP contribution in [0.3, 0.4) is 0 Å². The monoisotopic (exact) mass is 192 g/mol. The molecule has 0 unspecified atom stereocenters. The molecule has 6 heteroatoms. The van der Waals surface area contributed by atoms with E-state index in [0.717, 1.165) is 0 Å². The zero-order valence-corrected chi connectivity index (χ0v) is 7.95. The lowest BCUT2D eigenvalue weighted by Gasteiger charge is -2.20. The Hall–Kier alpha value is -0.850. The van der Waals surface area contributed by atoms with Crippen LogP contribution in [-0.4, -0.2) is 56.9 Å². The van der Waals surface area contributed by atoms with Crippen molar-refractivity contribution in [3.63, 3.8) is 0 Å². The first-order valence-electron chi connectivity index (χ1n) is 3.87. The quantitative estimate of drug-likeness (QED) is 0.540. The number of carbonyl (C=O) groups excluding carboxylic acids is 1. The number of aliphatic hydroxyl groups is 1. The molecule has 0 aromatic heterocycles. The SMILES string of the molecule is COCNC(=O)N(CCO)COC. The number of hydrogen-bond acceptors (Lipinski definition) is 4. The highest BCUT2D eigenvalue weighted by molar-refractivity contribution is 5.73. The van der Waals surface area contributed by atoms with Crippen LogP contribution in [0, 0.1) is 0 Å². The predicted molar refractivity (Wildman–Crippen MR) is 46.1 cm³/mol. The Balaban J connectivity index is 3.80. The summed E-state index contributed by atoms with van der Waals surface area (Å²) >= 11 is 0. The molecule has 0 bridgehead atoms. The van der Waals surface area contributed by atoms with Crippen molar-refractivity contribution in [3.05, 3.63) is 0 Å². The van der Waals surface area contributed by atoms with Crippen LogP contribution >= 0.6 is 0 Å². The summed E-state index contributed by atoms with van der Waals surface area (Å²) < 4.78 is 9.43. The van der Waals surface area contributed by atoms with Gasteiger partial charge in [-0.3, -0.25) is 4.90 Å². The first-order valence-corrected chi connectivity index (χ1v) is 3.87. The Bertz CT molecular complexity index is 136. The molecule has 0 atom stereocenters. The number of urea groups is 1. The number of ether oxygens (including phenoxy) is 2. The zero-order valence-electron chi connectivity index (χ0n) is 7.95. The van der Waals surface area contributed by atoms with Gasteiger partial charge in [-0.1, -0.05) is 0 Å². The summed E-state index contributed by atoms with van der Waals surface area (Å²) in [6.07, 6.45) is 0. The van der Waals surface area contributed by atoms with Crippen LogP contribution in [0.2, 0.25) is 0 Å². The fraction of sp³-hybridized carbons (Fsp3) is 0.857. The minimum atomic E-state index is -0.322. The zero-order chi connectivity index (χ0) is 10.1. The first-order chi connectivity index (χ1) is 6.26. The number of nitrogens with zero attached hydrogens (tertiary/aromatic N) is 1. The van der Waals surface area contributed by atoms with Gasteiger partial charge in [0.2, 0.25) is 0 Å². The molecule has 0 aliphatic carbocycles. The molecule has 0 heterocycles. The Kier molecular flexibility index (Phi) is 7.27. The van der Waals surface area contributed by atoms with Crippen LogP contribution in [0.15, 0.2) is 0 Å².